The first-order chi connectivity index (χ1) is 9.49. The molecule has 3 heteroatoms. The highest BCUT2D eigenvalue weighted by Crippen LogP contribution is 2.31. The van der Waals surface area contributed by atoms with Gasteiger partial charge in [0.25, 0.3) is 0 Å². The van der Waals surface area contributed by atoms with E-state index < -0.39 is 6.10 Å². The lowest BCUT2D eigenvalue weighted by Gasteiger charge is -2.30. The van der Waals surface area contributed by atoms with E-state index in [9.17, 15) is 9.50 Å². The van der Waals surface area contributed by atoms with Crippen LogP contribution in [-0.4, -0.2) is 18.7 Å². The molecule has 1 N–H and O–H groups in total. The van der Waals surface area contributed by atoms with Gasteiger partial charge in [-0.15, -0.1) is 0 Å². The third kappa shape index (κ3) is 3.51. The van der Waals surface area contributed by atoms with Crippen molar-refractivity contribution in [2.45, 2.75) is 52.1 Å². The number of hydrogen-bond donors (Lipinski definition) is 1. The molecule has 20 heavy (non-hydrogen) atoms. The van der Waals surface area contributed by atoms with Crippen LogP contribution >= 0.6 is 0 Å². The Labute approximate surface area is 121 Å². The van der Waals surface area contributed by atoms with Crippen LogP contribution in [0.3, 0.4) is 0 Å². The maximum absolute atomic E-state index is 13.7. The van der Waals surface area contributed by atoms with Crippen molar-refractivity contribution in [3.8, 4) is 0 Å². The molecule has 0 saturated heterocycles. The highest BCUT2D eigenvalue weighted by molar-refractivity contribution is 5.56. The van der Waals surface area contributed by atoms with Crippen molar-refractivity contribution in [2.24, 2.45) is 5.92 Å². The fourth-order valence-corrected chi connectivity index (χ4v) is 3.20. The number of benzene rings is 1. The van der Waals surface area contributed by atoms with Gasteiger partial charge >= 0.3 is 0 Å². The fraction of sp³-hybridized carbons (Fsp3) is 0.647. The van der Waals surface area contributed by atoms with E-state index in [0.717, 1.165) is 18.2 Å². The van der Waals surface area contributed by atoms with Crippen LogP contribution in [0.1, 0.15) is 56.3 Å². The molecule has 112 valence electrons. The number of anilines is 1. The van der Waals surface area contributed by atoms with E-state index in [4.69, 9.17) is 0 Å². The van der Waals surface area contributed by atoms with E-state index in [1.807, 2.05) is 13.1 Å². The van der Waals surface area contributed by atoms with Gasteiger partial charge in [0.05, 0.1) is 6.10 Å². The van der Waals surface area contributed by atoms with Crippen LogP contribution in [0.4, 0.5) is 10.1 Å². The highest BCUT2D eigenvalue weighted by Gasteiger charge is 2.19. The zero-order chi connectivity index (χ0) is 14.7. The average molecular weight is 279 g/mol. The van der Waals surface area contributed by atoms with Crippen molar-refractivity contribution < 1.29 is 9.50 Å². The summed E-state index contributed by atoms with van der Waals surface area (Å²) in [6.07, 6.45) is 5.93. The molecule has 1 aliphatic carbocycles. The molecule has 1 aromatic carbocycles. The van der Waals surface area contributed by atoms with Crippen molar-refractivity contribution in [3.05, 3.63) is 29.1 Å². The first kappa shape index (κ1) is 15.3. The summed E-state index contributed by atoms with van der Waals surface area (Å²) >= 11 is 0. The number of aryl methyl sites for hydroxylation is 1. The number of halogens is 1. The zero-order valence-electron chi connectivity index (χ0n) is 12.8. The van der Waals surface area contributed by atoms with Gasteiger partial charge in [0, 0.05) is 24.8 Å². The Kier molecular flexibility index (Phi) is 5.03. The lowest BCUT2D eigenvalue weighted by atomic mass is 9.88. The molecule has 0 amide bonds. The van der Waals surface area contributed by atoms with E-state index in [2.05, 4.69) is 4.90 Å². The van der Waals surface area contributed by atoms with Gasteiger partial charge in [-0.05, 0) is 50.3 Å². The van der Waals surface area contributed by atoms with E-state index in [1.54, 1.807) is 13.8 Å². The molecule has 1 aliphatic rings. The summed E-state index contributed by atoms with van der Waals surface area (Å²) in [5.41, 5.74) is 2.29. The average Bonchev–Trinajstić information content (AvgIpc) is 2.42. The van der Waals surface area contributed by atoms with Gasteiger partial charge in [0.15, 0.2) is 0 Å². The molecule has 0 heterocycles. The van der Waals surface area contributed by atoms with Crippen LogP contribution < -0.4 is 4.90 Å². The fourth-order valence-electron chi connectivity index (χ4n) is 3.20. The largest absolute Gasteiger partial charge is 0.389 e. The molecule has 1 fully saturated rings. The Hall–Kier alpha value is -1.09. The predicted molar refractivity (Wildman–Crippen MR) is 81.6 cm³/mol. The third-order valence-electron chi connectivity index (χ3n) is 4.43. The number of rotatable bonds is 4. The van der Waals surface area contributed by atoms with Gasteiger partial charge < -0.3 is 10.0 Å². The molecular weight excluding hydrogens is 253 g/mol. The van der Waals surface area contributed by atoms with Crippen LogP contribution in [-0.2, 0) is 0 Å². The smallest absolute Gasteiger partial charge is 0.126 e. The molecule has 2 rings (SSSR count). The maximum atomic E-state index is 13.7. The standard InChI is InChI=1S/C17H26FNO/c1-12-9-17(15(13(2)20)10-16(12)18)19(3)11-14-7-5-4-6-8-14/h9-10,13-14,20H,4-8,11H2,1-3H3/t13-/m0/s1. The van der Waals surface area contributed by atoms with Crippen LogP contribution in [0.2, 0.25) is 0 Å². The lowest BCUT2D eigenvalue weighted by molar-refractivity contribution is 0.199. The first-order valence-electron chi connectivity index (χ1n) is 7.68. The second kappa shape index (κ2) is 6.57. The van der Waals surface area contributed by atoms with E-state index in [-0.39, 0.29) is 5.82 Å². The van der Waals surface area contributed by atoms with Crippen molar-refractivity contribution in [2.75, 3.05) is 18.5 Å². The summed E-state index contributed by atoms with van der Waals surface area (Å²) in [6, 6.07) is 3.34. The summed E-state index contributed by atoms with van der Waals surface area (Å²) in [5, 5.41) is 9.88. The van der Waals surface area contributed by atoms with E-state index >= 15 is 0 Å². The summed E-state index contributed by atoms with van der Waals surface area (Å²) in [5.74, 6) is 0.483. The summed E-state index contributed by atoms with van der Waals surface area (Å²) in [6.45, 7) is 4.46. The molecular formula is C17H26FNO. The molecule has 0 radical (unpaired) electrons. The van der Waals surface area contributed by atoms with Gasteiger partial charge in [0.2, 0.25) is 0 Å². The molecule has 0 unspecified atom stereocenters. The number of aliphatic hydroxyl groups is 1. The Morgan fingerprint density at radius 3 is 2.55 bits per heavy atom. The second-order valence-electron chi connectivity index (χ2n) is 6.22. The molecule has 1 atom stereocenters. The summed E-state index contributed by atoms with van der Waals surface area (Å²) < 4.78 is 13.7. The minimum atomic E-state index is -0.645. The van der Waals surface area contributed by atoms with E-state index in [0.29, 0.717) is 11.1 Å². The number of aliphatic hydroxyl groups excluding tert-OH is 1. The summed E-state index contributed by atoms with van der Waals surface area (Å²) in [4.78, 5) is 2.18. The van der Waals surface area contributed by atoms with Gasteiger partial charge in [-0.2, -0.15) is 0 Å². The Morgan fingerprint density at radius 1 is 1.30 bits per heavy atom. The topological polar surface area (TPSA) is 23.5 Å². The minimum absolute atomic E-state index is 0.240. The second-order valence-corrected chi connectivity index (χ2v) is 6.22. The van der Waals surface area contributed by atoms with Gasteiger partial charge in [0.1, 0.15) is 5.82 Å². The molecule has 0 aliphatic heterocycles. The third-order valence-corrected chi connectivity index (χ3v) is 4.43. The van der Waals surface area contributed by atoms with Crippen molar-refractivity contribution in [1.29, 1.82) is 0 Å². The van der Waals surface area contributed by atoms with Crippen LogP contribution in [0.5, 0.6) is 0 Å². The summed E-state index contributed by atoms with van der Waals surface area (Å²) in [7, 11) is 2.05. The molecule has 2 nitrogen and oxygen atoms in total. The van der Waals surface area contributed by atoms with Gasteiger partial charge in [-0.1, -0.05) is 19.3 Å². The quantitative estimate of drug-likeness (QED) is 0.892. The van der Waals surface area contributed by atoms with Crippen molar-refractivity contribution >= 4 is 5.69 Å². The monoisotopic (exact) mass is 279 g/mol. The predicted octanol–water partition coefficient (Wildman–Crippen LogP) is 4.20. The van der Waals surface area contributed by atoms with Gasteiger partial charge in [-0.25, -0.2) is 4.39 Å². The molecule has 1 saturated carbocycles. The van der Waals surface area contributed by atoms with Crippen LogP contribution in [0, 0.1) is 18.7 Å². The normalized spacial score (nSPS) is 18.1. The first-order valence-corrected chi connectivity index (χ1v) is 7.68. The van der Waals surface area contributed by atoms with E-state index in [1.165, 1.54) is 38.2 Å². The van der Waals surface area contributed by atoms with Crippen LogP contribution in [0.15, 0.2) is 12.1 Å². The molecule has 0 spiro atoms. The Balaban J connectivity index is 2.19. The van der Waals surface area contributed by atoms with Crippen molar-refractivity contribution in [1.82, 2.24) is 0 Å². The SMILES string of the molecule is Cc1cc(N(C)CC2CCCCC2)c([C@H](C)O)cc1F. The minimum Gasteiger partial charge on any atom is -0.389 e. The number of hydrogen-bond acceptors (Lipinski definition) is 2. The van der Waals surface area contributed by atoms with Crippen LogP contribution in [0.25, 0.3) is 0 Å². The van der Waals surface area contributed by atoms with Gasteiger partial charge in [-0.3, -0.25) is 0 Å². The highest BCUT2D eigenvalue weighted by atomic mass is 19.1. The molecule has 0 bridgehead atoms. The zero-order valence-corrected chi connectivity index (χ0v) is 12.8. The molecule has 1 aromatic rings. The lowest BCUT2D eigenvalue weighted by Crippen LogP contribution is -2.28. The number of nitrogens with zero attached hydrogens (tertiary/aromatic N) is 1. The Bertz CT molecular complexity index is 453. The maximum Gasteiger partial charge on any atom is 0.126 e. The molecule has 0 aromatic heterocycles. The Morgan fingerprint density at radius 2 is 1.95 bits per heavy atom. The van der Waals surface area contributed by atoms with Crippen molar-refractivity contribution in [3.63, 3.8) is 0 Å².